The van der Waals surface area contributed by atoms with E-state index in [0.29, 0.717) is 19.6 Å². The minimum absolute atomic E-state index is 0.127. The SMILES string of the molecule is Cc1[nH]cnc1CSCCN(CCN(C)C(N)=NC#N)C(N)=NC#N. The van der Waals surface area contributed by atoms with Crippen LogP contribution in [-0.2, 0) is 5.75 Å². The van der Waals surface area contributed by atoms with E-state index in [4.69, 9.17) is 22.0 Å². The molecule has 5 N–H and O–H groups in total. The number of hydrogen-bond acceptors (Lipinski definition) is 6. The first kappa shape index (κ1) is 20.1. The van der Waals surface area contributed by atoms with Gasteiger partial charge in [0.05, 0.1) is 12.0 Å². The lowest BCUT2D eigenvalue weighted by Crippen LogP contribution is -2.45. The fourth-order valence-electron chi connectivity index (χ4n) is 1.86. The number of aromatic nitrogens is 2. The molecule has 0 fully saturated rings. The summed E-state index contributed by atoms with van der Waals surface area (Å²) in [6, 6.07) is 0. The smallest absolute Gasteiger partial charge is 0.209 e. The minimum Gasteiger partial charge on any atom is -0.369 e. The van der Waals surface area contributed by atoms with Crippen LogP contribution in [0.1, 0.15) is 11.4 Å². The average Bonchev–Trinajstić information content (AvgIpc) is 2.99. The van der Waals surface area contributed by atoms with Crippen molar-refractivity contribution in [3.8, 4) is 12.4 Å². The summed E-state index contributed by atoms with van der Waals surface area (Å²) < 4.78 is 0. The van der Waals surface area contributed by atoms with Crippen molar-refractivity contribution in [3.63, 3.8) is 0 Å². The molecule has 1 aromatic heterocycles. The molecular weight excluding hydrogens is 340 g/mol. The van der Waals surface area contributed by atoms with Crippen LogP contribution in [0, 0.1) is 29.8 Å². The molecule has 1 rings (SSSR count). The van der Waals surface area contributed by atoms with E-state index in [1.807, 2.05) is 6.92 Å². The Bertz CT molecular complexity index is 681. The molecule has 1 heterocycles. The van der Waals surface area contributed by atoms with E-state index < -0.39 is 0 Å². The predicted molar refractivity (Wildman–Crippen MR) is 98.2 cm³/mol. The highest BCUT2D eigenvalue weighted by atomic mass is 32.2. The third kappa shape index (κ3) is 7.01. The first-order chi connectivity index (χ1) is 12.0. The molecule has 134 valence electrons. The molecule has 0 saturated heterocycles. The van der Waals surface area contributed by atoms with Crippen molar-refractivity contribution in [1.82, 2.24) is 19.8 Å². The average molecular weight is 362 g/mol. The van der Waals surface area contributed by atoms with Gasteiger partial charge in [0.25, 0.3) is 0 Å². The van der Waals surface area contributed by atoms with Gasteiger partial charge in [-0.15, -0.1) is 9.98 Å². The summed E-state index contributed by atoms with van der Waals surface area (Å²) in [7, 11) is 1.72. The van der Waals surface area contributed by atoms with E-state index in [2.05, 4.69) is 20.0 Å². The highest BCUT2D eigenvalue weighted by molar-refractivity contribution is 7.98. The summed E-state index contributed by atoms with van der Waals surface area (Å²) in [6.07, 6.45) is 5.02. The Kier molecular flexibility index (Phi) is 8.68. The van der Waals surface area contributed by atoms with Gasteiger partial charge in [-0.1, -0.05) is 0 Å². The molecule has 0 aliphatic carbocycles. The molecule has 11 heteroatoms. The van der Waals surface area contributed by atoms with Crippen molar-refractivity contribution in [2.75, 3.05) is 32.4 Å². The number of nitrogens with one attached hydrogen (secondary N) is 1. The fourth-order valence-corrected chi connectivity index (χ4v) is 2.84. The zero-order valence-electron chi connectivity index (χ0n) is 14.3. The van der Waals surface area contributed by atoms with Crippen LogP contribution in [0.3, 0.4) is 0 Å². The standard InChI is InChI=1S/C14H22N10S/c1-11-12(22-10-21-11)7-25-6-5-24(14(18)20-9-16)4-3-23(2)13(17)19-8-15/h10H,3-7H2,1-2H3,(H2,17,19)(H2,18,20)(H,21,22). The van der Waals surface area contributed by atoms with Crippen LogP contribution < -0.4 is 11.5 Å². The molecule has 25 heavy (non-hydrogen) atoms. The summed E-state index contributed by atoms with van der Waals surface area (Å²) in [5, 5.41) is 17.2. The van der Waals surface area contributed by atoms with Crippen LogP contribution in [0.25, 0.3) is 0 Å². The largest absolute Gasteiger partial charge is 0.369 e. The zero-order valence-corrected chi connectivity index (χ0v) is 15.1. The Morgan fingerprint density at radius 3 is 2.52 bits per heavy atom. The van der Waals surface area contributed by atoms with Gasteiger partial charge in [-0.3, -0.25) is 0 Å². The van der Waals surface area contributed by atoms with Gasteiger partial charge in [-0.25, -0.2) is 4.98 Å². The number of nitrogens with zero attached hydrogens (tertiary/aromatic N) is 7. The number of aliphatic imine (C=N–C) groups is 2. The molecular formula is C14H22N10S. The molecule has 0 bridgehead atoms. The highest BCUT2D eigenvalue weighted by Gasteiger charge is 2.11. The van der Waals surface area contributed by atoms with Gasteiger partial charge >= 0.3 is 0 Å². The Morgan fingerprint density at radius 1 is 1.24 bits per heavy atom. The van der Waals surface area contributed by atoms with E-state index in [1.165, 1.54) is 0 Å². The molecule has 10 nitrogen and oxygen atoms in total. The van der Waals surface area contributed by atoms with Gasteiger partial charge < -0.3 is 26.3 Å². The predicted octanol–water partition coefficient (Wildman–Crippen LogP) is -0.223. The minimum atomic E-state index is 0.127. The van der Waals surface area contributed by atoms with Crippen molar-refractivity contribution in [2.24, 2.45) is 21.5 Å². The molecule has 0 aliphatic rings. The van der Waals surface area contributed by atoms with E-state index in [1.54, 1.807) is 47.3 Å². The second-order valence-corrected chi connectivity index (χ2v) is 6.18. The summed E-state index contributed by atoms with van der Waals surface area (Å²) in [4.78, 5) is 17.8. The van der Waals surface area contributed by atoms with Gasteiger partial charge in [0.1, 0.15) is 0 Å². The monoisotopic (exact) mass is 362 g/mol. The van der Waals surface area contributed by atoms with Crippen LogP contribution >= 0.6 is 11.8 Å². The topological polar surface area (TPSA) is 160 Å². The molecule has 0 atom stereocenters. The second-order valence-electron chi connectivity index (χ2n) is 5.08. The van der Waals surface area contributed by atoms with Gasteiger partial charge in [-0.2, -0.15) is 22.3 Å². The summed E-state index contributed by atoms with van der Waals surface area (Å²) in [5.41, 5.74) is 13.6. The normalized spacial score (nSPS) is 11.7. The van der Waals surface area contributed by atoms with Crippen LogP contribution in [0.4, 0.5) is 0 Å². The van der Waals surface area contributed by atoms with Gasteiger partial charge in [0.2, 0.25) is 24.3 Å². The third-order valence-corrected chi connectivity index (χ3v) is 4.38. The molecule has 0 radical (unpaired) electrons. The number of nitrogens with two attached hydrogens (primary N) is 2. The maximum absolute atomic E-state index is 8.70. The molecule has 0 unspecified atom stereocenters. The zero-order chi connectivity index (χ0) is 18.7. The van der Waals surface area contributed by atoms with Crippen molar-refractivity contribution in [2.45, 2.75) is 12.7 Å². The first-order valence-corrected chi connectivity index (χ1v) is 8.62. The number of imidazole rings is 1. The fraction of sp³-hybridized carbons (Fsp3) is 0.500. The number of guanidine groups is 2. The summed E-state index contributed by atoms with van der Waals surface area (Å²) >= 11 is 1.71. The molecule has 0 spiro atoms. The summed E-state index contributed by atoms with van der Waals surface area (Å²) in [6.45, 7) is 3.59. The summed E-state index contributed by atoms with van der Waals surface area (Å²) in [5.74, 6) is 1.87. The lowest BCUT2D eigenvalue weighted by molar-refractivity contribution is 0.377. The van der Waals surface area contributed by atoms with E-state index in [-0.39, 0.29) is 11.9 Å². The number of hydrogen-bond donors (Lipinski definition) is 3. The number of likely N-dealkylation sites (N-methyl/N-ethyl adjacent to an activating group) is 1. The second kappa shape index (κ2) is 10.8. The molecule has 1 aromatic rings. The Morgan fingerprint density at radius 2 is 1.92 bits per heavy atom. The van der Waals surface area contributed by atoms with Crippen molar-refractivity contribution in [3.05, 3.63) is 17.7 Å². The maximum Gasteiger partial charge on any atom is 0.209 e. The maximum atomic E-state index is 8.70. The van der Waals surface area contributed by atoms with Gasteiger partial charge in [0.15, 0.2) is 0 Å². The number of rotatable bonds is 8. The highest BCUT2D eigenvalue weighted by Crippen LogP contribution is 2.12. The molecule has 0 aromatic carbocycles. The van der Waals surface area contributed by atoms with E-state index in [9.17, 15) is 0 Å². The molecule has 0 aliphatic heterocycles. The quantitative estimate of drug-likeness (QED) is 0.247. The van der Waals surface area contributed by atoms with Crippen LogP contribution in [0.5, 0.6) is 0 Å². The number of H-pyrrole nitrogens is 1. The lowest BCUT2D eigenvalue weighted by atomic mass is 10.4. The Labute approximate surface area is 151 Å². The van der Waals surface area contributed by atoms with Crippen molar-refractivity contribution >= 4 is 23.7 Å². The van der Waals surface area contributed by atoms with Crippen LogP contribution in [-0.4, -0.2) is 64.1 Å². The van der Waals surface area contributed by atoms with Gasteiger partial charge in [0, 0.05) is 43.9 Å². The number of aryl methyl sites for hydroxylation is 1. The lowest BCUT2D eigenvalue weighted by Gasteiger charge is -2.26. The van der Waals surface area contributed by atoms with Crippen molar-refractivity contribution in [1.29, 1.82) is 10.5 Å². The number of nitriles is 2. The van der Waals surface area contributed by atoms with E-state index >= 15 is 0 Å². The molecule has 0 saturated carbocycles. The number of aromatic amines is 1. The Balaban J connectivity index is 2.52. The van der Waals surface area contributed by atoms with E-state index in [0.717, 1.165) is 22.9 Å². The van der Waals surface area contributed by atoms with Crippen LogP contribution in [0.15, 0.2) is 16.3 Å². The Hall–Kier alpha value is -2.92. The number of thioether (sulfide) groups is 1. The van der Waals surface area contributed by atoms with Gasteiger partial charge in [-0.05, 0) is 6.92 Å². The van der Waals surface area contributed by atoms with Crippen molar-refractivity contribution < 1.29 is 0 Å². The van der Waals surface area contributed by atoms with Crippen LogP contribution in [0.2, 0.25) is 0 Å². The molecule has 0 amide bonds. The third-order valence-electron chi connectivity index (χ3n) is 3.43. The first-order valence-electron chi connectivity index (χ1n) is 7.46.